The summed E-state index contributed by atoms with van der Waals surface area (Å²) in [6, 6.07) is 0.931. The molecule has 0 saturated heterocycles. The van der Waals surface area contributed by atoms with E-state index in [2.05, 4.69) is 37.9 Å². The summed E-state index contributed by atoms with van der Waals surface area (Å²) < 4.78 is 0. The van der Waals surface area contributed by atoms with Gasteiger partial charge in [-0.2, -0.15) is 0 Å². The normalized spacial score (nSPS) is 17.2. The quantitative estimate of drug-likeness (QED) is 0.856. The van der Waals surface area contributed by atoms with Gasteiger partial charge in [-0.05, 0) is 53.5 Å². The van der Waals surface area contributed by atoms with E-state index in [0.29, 0.717) is 12.1 Å². The lowest BCUT2D eigenvalue weighted by Gasteiger charge is -2.26. The fourth-order valence-electron chi connectivity index (χ4n) is 2.14. The summed E-state index contributed by atoms with van der Waals surface area (Å²) in [5, 5.41) is 4.51. The molecule has 1 unspecified atom stereocenters. The second kappa shape index (κ2) is 5.57. The molecule has 1 N–H and O–H groups in total. The largest absolute Gasteiger partial charge is 0.345 e. The minimum Gasteiger partial charge on any atom is -0.345 e. The monoisotopic (exact) mass is 267 g/mol. The predicted molar refractivity (Wildman–Crippen MR) is 79.5 cm³/mol. The lowest BCUT2D eigenvalue weighted by molar-refractivity contribution is 0.641. The van der Waals surface area contributed by atoms with Gasteiger partial charge in [0.1, 0.15) is 0 Å². The Morgan fingerprint density at radius 1 is 1.39 bits per heavy atom. The fraction of sp³-hybridized carbons (Fsp3) is 0.786. The number of rotatable bonds is 6. The van der Waals surface area contributed by atoms with Crippen LogP contribution in [0.4, 0.5) is 5.13 Å². The Bertz CT molecular complexity index is 396. The van der Waals surface area contributed by atoms with Crippen LogP contribution in [0.5, 0.6) is 0 Å². The van der Waals surface area contributed by atoms with Gasteiger partial charge in [0.25, 0.3) is 0 Å². The van der Waals surface area contributed by atoms with Crippen molar-refractivity contribution in [1.82, 2.24) is 10.3 Å². The van der Waals surface area contributed by atoms with Crippen LogP contribution in [0.2, 0.25) is 0 Å². The molecule has 3 nitrogen and oxygen atoms in total. The average molecular weight is 267 g/mol. The van der Waals surface area contributed by atoms with Crippen molar-refractivity contribution in [2.24, 2.45) is 5.92 Å². The first-order chi connectivity index (χ1) is 8.52. The van der Waals surface area contributed by atoms with Crippen molar-refractivity contribution in [3.05, 3.63) is 10.6 Å². The molecular weight excluding hydrogens is 242 g/mol. The molecule has 0 amide bonds. The maximum Gasteiger partial charge on any atom is 0.186 e. The van der Waals surface area contributed by atoms with Crippen molar-refractivity contribution in [2.75, 3.05) is 18.5 Å². The van der Waals surface area contributed by atoms with Gasteiger partial charge < -0.3 is 10.2 Å². The standard InChI is InChI=1S/C14H25N3S/c1-9(2)17(8-12-6-7-12)14-16-11(4)13(18-14)10(3)15-5/h9-10,12,15H,6-8H2,1-5H3. The van der Waals surface area contributed by atoms with E-state index in [-0.39, 0.29) is 0 Å². The molecule has 0 bridgehead atoms. The summed E-state index contributed by atoms with van der Waals surface area (Å²) in [4.78, 5) is 8.63. The molecule has 1 heterocycles. The smallest absolute Gasteiger partial charge is 0.186 e. The third-order valence-corrected chi connectivity index (χ3v) is 5.05. The molecule has 0 radical (unpaired) electrons. The van der Waals surface area contributed by atoms with Gasteiger partial charge in [0.2, 0.25) is 0 Å². The first kappa shape index (κ1) is 13.8. The molecule has 0 spiro atoms. The molecule has 102 valence electrons. The summed E-state index contributed by atoms with van der Waals surface area (Å²) in [5.74, 6) is 0.904. The highest BCUT2D eigenvalue weighted by Crippen LogP contribution is 2.36. The Kier molecular flexibility index (Phi) is 4.28. The van der Waals surface area contributed by atoms with E-state index in [4.69, 9.17) is 4.98 Å². The first-order valence-corrected chi connectivity index (χ1v) is 7.75. The molecule has 1 fully saturated rings. The van der Waals surface area contributed by atoms with Crippen molar-refractivity contribution >= 4 is 16.5 Å². The molecule has 18 heavy (non-hydrogen) atoms. The summed E-state index contributed by atoms with van der Waals surface area (Å²) in [6.07, 6.45) is 2.79. The SMILES string of the molecule is CNC(C)c1sc(N(CC2CC2)C(C)C)nc1C. The molecule has 1 aromatic rings. The maximum atomic E-state index is 4.79. The van der Waals surface area contributed by atoms with E-state index in [9.17, 15) is 0 Å². The molecule has 1 aliphatic carbocycles. The van der Waals surface area contributed by atoms with Crippen molar-refractivity contribution in [3.8, 4) is 0 Å². The summed E-state index contributed by atoms with van der Waals surface area (Å²) in [5.41, 5.74) is 1.18. The van der Waals surface area contributed by atoms with Gasteiger partial charge in [-0.25, -0.2) is 4.98 Å². The van der Waals surface area contributed by atoms with Gasteiger partial charge in [-0.15, -0.1) is 11.3 Å². The minimum atomic E-state index is 0.395. The molecule has 0 aliphatic heterocycles. The lowest BCUT2D eigenvalue weighted by Crippen LogP contribution is -2.32. The molecular formula is C14H25N3S. The van der Waals surface area contributed by atoms with Crippen LogP contribution >= 0.6 is 11.3 Å². The molecule has 1 aromatic heterocycles. The number of nitrogens with zero attached hydrogens (tertiary/aromatic N) is 2. The number of thiazole rings is 1. The highest BCUT2D eigenvalue weighted by Gasteiger charge is 2.27. The molecule has 1 atom stereocenters. The zero-order valence-corrected chi connectivity index (χ0v) is 13.0. The maximum absolute atomic E-state index is 4.79. The van der Waals surface area contributed by atoms with Crippen molar-refractivity contribution in [2.45, 2.75) is 52.6 Å². The number of anilines is 1. The van der Waals surface area contributed by atoms with Crippen molar-refractivity contribution in [3.63, 3.8) is 0 Å². The van der Waals surface area contributed by atoms with Crippen LogP contribution < -0.4 is 10.2 Å². The fourth-order valence-corrected chi connectivity index (χ4v) is 3.41. The number of hydrogen-bond acceptors (Lipinski definition) is 4. The van der Waals surface area contributed by atoms with E-state index >= 15 is 0 Å². The Morgan fingerprint density at radius 3 is 2.56 bits per heavy atom. The van der Waals surface area contributed by atoms with Gasteiger partial charge in [-0.1, -0.05) is 0 Å². The van der Waals surface area contributed by atoms with Gasteiger partial charge in [0, 0.05) is 23.5 Å². The molecule has 0 aromatic carbocycles. The average Bonchev–Trinajstić information content (AvgIpc) is 3.07. The van der Waals surface area contributed by atoms with Crippen LogP contribution in [-0.2, 0) is 0 Å². The summed E-state index contributed by atoms with van der Waals surface area (Å²) >= 11 is 1.85. The summed E-state index contributed by atoms with van der Waals surface area (Å²) in [7, 11) is 2.01. The highest BCUT2D eigenvalue weighted by molar-refractivity contribution is 7.15. The van der Waals surface area contributed by atoms with Crippen LogP contribution in [0.1, 0.15) is 50.2 Å². The number of nitrogens with one attached hydrogen (secondary N) is 1. The van der Waals surface area contributed by atoms with Gasteiger partial charge in [-0.3, -0.25) is 0 Å². The van der Waals surface area contributed by atoms with Crippen LogP contribution in [0, 0.1) is 12.8 Å². The Balaban J connectivity index is 2.19. The van der Waals surface area contributed by atoms with Gasteiger partial charge in [0.05, 0.1) is 5.69 Å². The van der Waals surface area contributed by atoms with E-state index in [1.807, 2.05) is 18.4 Å². The van der Waals surface area contributed by atoms with Crippen LogP contribution in [0.15, 0.2) is 0 Å². The predicted octanol–water partition coefficient (Wildman–Crippen LogP) is 3.36. The Labute approximate surface area is 115 Å². The van der Waals surface area contributed by atoms with E-state index in [1.54, 1.807) is 0 Å². The van der Waals surface area contributed by atoms with E-state index < -0.39 is 0 Å². The number of aromatic nitrogens is 1. The van der Waals surface area contributed by atoms with Crippen LogP contribution in [0.3, 0.4) is 0 Å². The first-order valence-electron chi connectivity index (χ1n) is 6.94. The van der Waals surface area contributed by atoms with Crippen LogP contribution in [-0.4, -0.2) is 24.6 Å². The minimum absolute atomic E-state index is 0.395. The molecule has 2 rings (SSSR count). The van der Waals surface area contributed by atoms with E-state index in [0.717, 1.165) is 5.92 Å². The molecule has 4 heteroatoms. The zero-order valence-electron chi connectivity index (χ0n) is 12.2. The van der Waals surface area contributed by atoms with Gasteiger partial charge in [0.15, 0.2) is 5.13 Å². The number of aryl methyl sites for hydroxylation is 1. The topological polar surface area (TPSA) is 28.2 Å². The van der Waals surface area contributed by atoms with Crippen molar-refractivity contribution < 1.29 is 0 Å². The Hall–Kier alpha value is -0.610. The third kappa shape index (κ3) is 3.04. The second-order valence-corrected chi connectivity index (χ2v) is 6.66. The highest BCUT2D eigenvalue weighted by atomic mass is 32.1. The molecule has 1 aliphatic rings. The Morgan fingerprint density at radius 2 is 2.06 bits per heavy atom. The summed E-state index contributed by atoms with van der Waals surface area (Å²) in [6.45, 7) is 10.0. The van der Waals surface area contributed by atoms with Gasteiger partial charge >= 0.3 is 0 Å². The zero-order chi connectivity index (χ0) is 13.3. The molecule has 1 saturated carbocycles. The third-order valence-electron chi connectivity index (χ3n) is 3.67. The number of hydrogen-bond donors (Lipinski definition) is 1. The van der Waals surface area contributed by atoms with Crippen LogP contribution in [0.25, 0.3) is 0 Å². The van der Waals surface area contributed by atoms with E-state index in [1.165, 1.54) is 35.1 Å². The lowest BCUT2D eigenvalue weighted by atomic mass is 10.2. The van der Waals surface area contributed by atoms with Crippen molar-refractivity contribution in [1.29, 1.82) is 0 Å². The second-order valence-electron chi connectivity index (χ2n) is 5.65.